The number of nitrogens with one attached hydrogen (secondary N) is 1. The third-order valence-corrected chi connectivity index (χ3v) is 10.4. The number of hydrogen-bond acceptors (Lipinski definition) is 4. The highest BCUT2D eigenvalue weighted by atomic mass is 19.1. The van der Waals surface area contributed by atoms with E-state index in [-0.39, 0.29) is 29.9 Å². The molecule has 2 N–H and O–H groups in total. The van der Waals surface area contributed by atoms with Crippen LogP contribution in [0, 0.1) is 34.4 Å². The number of carbonyl (C=O) groups excluding carboxylic acids is 2. The molecule has 1 aromatic rings. The van der Waals surface area contributed by atoms with Crippen molar-refractivity contribution in [3.63, 3.8) is 0 Å². The Balaban J connectivity index is 1.14. The van der Waals surface area contributed by atoms with Gasteiger partial charge in [-0.15, -0.1) is 0 Å². The van der Waals surface area contributed by atoms with Gasteiger partial charge in [-0.2, -0.15) is 0 Å². The highest BCUT2D eigenvalue weighted by molar-refractivity contribution is 5.98. The van der Waals surface area contributed by atoms with Crippen LogP contribution in [0.15, 0.2) is 12.1 Å². The van der Waals surface area contributed by atoms with Crippen LogP contribution in [0.5, 0.6) is 5.75 Å². The highest BCUT2D eigenvalue weighted by Gasteiger charge is 2.70. The van der Waals surface area contributed by atoms with Crippen molar-refractivity contribution in [1.82, 2.24) is 10.4 Å². The Morgan fingerprint density at radius 2 is 1.97 bits per heavy atom. The molecule has 1 spiro atoms. The standard InChI is InChI=1S/C27H32F2N2O4/c28-18-5-22(24(32)30-34)31(11-18)25(33)20-6-19(15-1-2-15)23(7-21(20)29)35-13-26-8-14-3-16-4-17(10-26)27(16,9-14)12-26/h6-7,14-18,22,34H,1-5,8-13H2,(H,30,32)/t14?,16?,17?,18-,22+,26?,27?/m1/s1. The van der Waals surface area contributed by atoms with Gasteiger partial charge in [0.1, 0.15) is 23.8 Å². The van der Waals surface area contributed by atoms with Crippen molar-refractivity contribution in [2.24, 2.45) is 28.6 Å². The number of benzene rings is 1. The Morgan fingerprint density at radius 3 is 2.74 bits per heavy atom. The molecule has 1 aromatic carbocycles. The molecule has 1 aliphatic heterocycles. The molecule has 1 saturated heterocycles. The summed E-state index contributed by atoms with van der Waals surface area (Å²) >= 11 is 0. The summed E-state index contributed by atoms with van der Waals surface area (Å²) in [5.74, 6) is 1.00. The van der Waals surface area contributed by atoms with Gasteiger partial charge in [0.25, 0.3) is 11.8 Å². The second-order valence-electron chi connectivity index (χ2n) is 12.5. The number of carbonyl (C=O) groups is 2. The van der Waals surface area contributed by atoms with Crippen molar-refractivity contribution in [2.45, 2.75) is 75.9 Å². The first kappa shape index (κ1) is 22.0. The first-order valence-electron chi connectivity index (χ1n) is 13.2. The van der Waals surface area contributed by atoms with Gasteiger partial charge in [0.15, 0.2) is 0 Å². The van der Waals surface area contributed by atoms with Gasteiger partial charge in [0.2, 0.25) is 0 Å². The van der Waals surface area contributed by atoms with Crippen LogP contribution in [-0.4, -0.2) is 47.3 Å². The lowest BCUT2D eigenvalue weighted by Crippen LogP contribution is -2.45. The third-order valence-electron chi connectivity index (χ3n) is 10.4. The van der Waals surface area contributed by atoms with Gasteiger partial charge in [-0.25, -0.2) is 14.3 Å². The summed E-state index contributed by atoms with van der Waals surface area (Å²) in [6.45, 7) is 0.302. The van der Waals surface area contributed by atoms with Crippen LogP contribution in [0.2, 0.25) is 0 Å². The Labute approximate surface area is 203 Å². The summed E-state index contributed by atoms with van der Waals surface area (Å²) in [7, 11) is 0. The lowest BCUT2D eigenvalue weighted by molar-refractivity contribution is -0.133. The molecule has 5 unspecified atom stereocenters. The summed E-state index contributed by atoms with van der Waals surface area (Å²) in [6, 6.07) is 1.72. The summed E-state index contributed by atoms with van der Waals surface area (Å²) in [5.41, 5.74) is 2.92. The fraction of sp³-hybridized carbons (Fsp3) is 0.704. The topological polar surface area (TPSA) is 78.9 Å². The molecule has 188 valence electrons. The number of alkyl halides is 1. The van der Waals surface area contributed by atoms with Crippen molar-refractivity contribution in [3.05, 3.63) is 29.1 Å². The van der Waals surface area contributed by atoms with Crippen molar-refractivity contribution in [1.29, 1.82) is 0 Å². The summed E-state index contributed by atoms with van der Waals surface area (Å²) in [6.07, 6.45) is 8.14. The fourth-order valence-electron chi connectivity index (χ4n) is 9.00. The lowest BCUT2D eigenvalue weighted by Gasteiger charge is -2.49. The van der Waals surface area contributed by atoms with E-state index < -0.39 is 29.8 Å². The predicted molar refractivity (Wildman–Crippen MR) is 121 cm³/mol. The molecule has 8 heteroatoms. The molecular formula is C27H32F2N2O4. The number of hydrogen-bond donors (Lipinski definition) is 2. The van der Waals surface area contributed by atoms with Crippen LogP contribution in [0.3, 0.4) is 0 Å². The number of amides is 2. The van der Waals surface area contributed by atoms with Gasteiger partial charge < -0.3 is 9.64 Å². The highest BCUT2D eigenvalue weighted by Crippen LogP contribution is 2.78. The Morgan fingerprint density at radius 1 is 1.14 bits per heavy atom. The molecular weight excluding hydrogens is 454 g/mol. The van der Waals surface area contributed by atoms with Crippen molar-refractivity contribution >= 4 is 11.8 Å². The summed E-state index contributed by atoms with van der Waals surface area (Å²) < 4.78 is 35.8. The fourth-order valence-corrected chi connectivity index (χ4v) is 9.00. The number of nitrogens with zero attached hydrogens (tertiary/aromatic N) is 1. The Bertz CT molecular complexity index is 1100. The molecule has 1 heterocycles. The Hall–Kier alpha value is -2.22. The number of rotatable bonds is 6. The molecule has 6 fully saturated rings. The SMILES string of the molecule is O=C(NO)[C@@H]1C[C@@H](F)CN1C(=O)c1cc(C2CC2)c(OCC23CC4CC5CC(C2)C5(C4)C3)cc1F. The molecule has 35 heavy (non-hydrogen) atoms. The molecule has 6 nitrogen and oxygen atoms in total. The van der Waals surface area contributed by atoms with E-state index in [1.54, 1.807) is 6.07 Å². The number of likely N-dealkylation sites (tertiary alicyclic amines) is 1. The quantitative estimate of drug-likeness (QED) is 0.463. The number of fused-ring (bicyclic) bond motifs is 2. The van der Waals surface area contributed by atoms with E-state index in [0.717, 1.165) is 41.1 Å². The van der Waals surface area contributed by atoms with E-state index in [2.05, 4.69) is 0 Å². The van der Waals surface area contributed by atoms with E-state index in [4.69, 9.17) is 9.94 Å². The van der Waals surface area contributed by atoms with Gasteiger partial charge in [-0.05, 0) is 92.1 Å². The summed E-state index contributed by atoms with van der Waals surface area (Å²) in [4.78, 5) is 26.2. The predicted octanol–water partition coefficient (Wildman–Crippen LogP) is 4.36. The van der Waals surface area contributed by atoms with Crippen molar-refractivity contribution in [2.75, 3.05) is 13.2 Å². The summed E-state index contributed by atoms with van der Waals surface area (Å²) in [5, 5.41) is 8.98. The van der Waals surface area contributed by atoms with Gasteiger partial charge >= 0.3 is 0 Å². The normalized spacial score (nSPS) is 40.5. The zero-order chi connectivity index (χ0) is 24.1. The van der Waals surface area contributed by atoms with E-state index in [1.807, 2.05) is 0 Å². The molecule has 3 bridgehead atoms. The van der Waals surface area contributed by atoms with Crippen LogP contribution in [-0.2, 0) is 4.79 Å². The molecule has 5 aliphatic carbocycles. The van der Waals surface area contributed by atoms with Crippen LogP contribution in [0.1, 0.15) is 79.6 Å². The van der Waals surface area contributed by atoms with Gasteiger partial charge in [0.05, 0.1) is 18.7 Å². The molecule has 0 aromatic heterocycles. The van der Waals surface area contributed by atoms with E-state index in [1.165, 1.54) is 50.1 Å². The number of ether oxygens (including phenoxy) is 1. The smallest absolute Gasteiger partial charge is 0.266 e. The average Bonchev–Trinajstić information content (AvgIpc) is 3.53. The first-order valence-corrected chi connectivity index (χ1v) is 13.2. The second kappa shape index (κ2) is 7.40. The van der Waals surface area contributed by atoms with Crippen LogP contribution < -0.4 is 10.2 Å². The maximum Gasteiger partial charge on any atom is 0.266 e. The zero-order valence-corrected chi connectivity index (χ0v) is 19.8. The molecule has 0 radical (unpaired) electrons. The van der Waals surface area contributed by atoms with Gasteiger partial charge in [-0.1, -0.05) is 0 Å². The van der Waals surface area contributed by atoms with Gasteiger partial charge in [0, 0.05) is 17.9 Å². The lowest BCUT2D eigenvalue weighted by atomic mass is 9.55. The van der Waals surface area contributed by atoms with Gasteiger partial charge in [-0.3, -0.25) is 14.8 Å². The van der Waals surface area contributed by atoms with Crippen LogP contribution in [0.4, 0.5) is 8.78 Å². The molecule has 7 rings (SSSR count). The molecule has 7 atom stereocenters. The van der Waals surface area contributed by atoms with E-state index >= 15 is 4.39 Å². The van der Waals surface area contributed by atoms with Crippen molar-refractivity contribution < 1.29 is 28.3 Å². The minimum absolute atomic E-state index is 0.168. The van der Waals surface area contributed by atoms with Crippen molar-refractivity contribution in [3.8, 4) is 5.75 Å². The maximum absolute atomic E-state index is 15.3. The first-order chi connectivity index (χ1) is 16.8. The third kappa shape index (κ3) is 3.20. The largest absolute Gasteiger partial charge is 0.493 e. The van der Waals surface area contributed by atoms with E-state index in [9.17, 15) is 14.0 Å². The molecule has 2 amide bonds. The van der Waals surface area contributed by atoms with Crippen LogP contribution in [0.25, 0.3) is 0 Å². The molecule has 6 aliphatic rings. The van der Waals surface area contributed by atoms with E-state index in [0.29, 0.717) is 17.8 Å². The minimum Gasteiger partial charge on any atom is -0.493 e. The maximum atomic E-state index is 15.3. The number of halogens is 2. The monoisotopic (exact) mass is 486 g/mol. The number of hydroxylamine groups is 1. The zero-order valence-electron chi connectivity index (χ0n) is 19.8. The van der Waals surface area contributed by atoms with Crippen LogP contribution >= 0.6 is 0 Å². The average molecular weight is 487 g/mol. The second-order valence-corrected chi connectivity index (χ2v) is 12.5. The minimum atomic E-state index is -1.40. The molecule has 5 saturated carbocycles. The Kier molecular flexibility index (Phi) is 4.66.